The first-order valence-electron chi connectivity index (χ1n) is 11.0. The van der Waals surface area contributed by atoms with Gasteiger partial charge in [0.2, 0.25) is 5.91 Å². The van der Waals surface area contributed by atoms with E-state index in [1.807, 2.05) is 0 Å². The summed E-state index contributed by atoms with van der Waals surface area (Å²) < 4.78 is 45.6. The van der Waals surface area contributed by atoms with Crippen LogP contribution in [-0.2, 0) is 22.3 Å². The molecule has 0 unspecified atom stereocenters. The van der Waals surface area contributed by atoms with Gasteiger partial charge in [-0.2, -0.15) is 13.2 Å². The lowest BCUT2D eigenvalue weighted by Gasteiger charge is -2.25. The minimum Gasteiger partial charge on any atom is -0.380 e. The van der Waals surface area contributed by atoms with Crippen LogP contribution in [-0.4, -0.2) is 29.9 Å². The molecule has 4 rings (SSSR count). The maximum atomic E-state index is 13.4. The number of ketones is 1. The lowest BCUT2D eigenvalue weighted by Crippen LogP contribution is -2.42. The second-order valence-corrected chi connectivity index (χ2v) is 9.49. The van der Waals surface area contributed by atoms with Crippen LogP contribution >= 0.6 is 11.3 Å². The molecular formula is C25H24F3N3O3S. The van der Waals surface area contributed by atoms with Crippen molar-refractivity contribution in [2.24, 2.45) is 5.41 Å². The van der Waals surface area contributed by atoms with Crippen LogP contribution in [0, 0.1) is 12.3 Å². The highest BCUT2D eigenvalue weighted by Crippen LogP contribution is 2.37. The van der Waals surface area contributed by atoms with E-state index in [-0.39, 0.29) is 37.0 Å². The zero-order chi connectivity index (χ0) is 25.1. The largest absolute Gasteiger partial charge is 0.418 e. The molecule has 0 spiro atoms. The van der Waals surface area contributed by atoms with Gasteiger partial charge >= 0.3 is 6.18 Å². The molecule has 3 aromatic rings. The molecule has 6 nitrogen and oxygen atoms in total. The van der Waals surface area contributed by atoms with Crippen molar-refractivity contribution in [3.63, 3.8) is 0 Å². The Morgan fingerprint density at radius 1 is 1.17 bits per heavy atom. The van der Waals surface area contributed by atoms with Crippen LogP contribution in [0.2, 0.25) is 0 Å². The lowest BCUT2D eigenvalue weighted by molar-refractivity contribution is -0.137. The SMILES string of the molecule is Cc1ccc(Nc2ccc(CNC(=O)[C@]3(CC(=O)c4cncs4)CCOC3)cc2)c(C(F)(F)F)c1. The molecule has 1 amide bonds. The molecule has 2 heterocycles. The number of amides is 1. The minimum absolute atomic E-state index is 0.0297. The Hall–Kier alpha value is -3.24. The molecule has 2 N–H and O–H groups in total. The van der Waals surface area contributed by atoms with Gasteiger partial charge in [-0.05, 0) is 43.2 Å². The first-order chi connectivity index (χ1) is 16.7. The number of anilines is 2. The van der Waals surface area contributed by atoms with Gasteiger partial charge in [-0.3, -0.25) is 14.6 Å². The minimum atomic E-state index is -4.47. The summed E-state index contributed by atoms with van der Waals surface area (Å²) in [5, 5.41) is 5.70. The number of hydrogen-bond acceptors (Lipinski definition) is 6. The summed E-state index contributed by atoms with van der Waals surface area (Å²) >= 11 is 1.24. The summed E-state index contributed by atoms with van der Waals surface area (Å²) in [4.78, 5) is 30.1. The third-order valence-electron chi connectivity index (χ3n) is 5.96. The molecule has 2 aromatic carbocycles. The highest BCUT2D eigenvalue weighted by Gasteiger charge is 2.44. The van der Waals surface area contributed by atoms with Crippen molar-refractivity contribution in [1.82, 2.24) is 10.3 Å². The van der Waals surface area contributed by atoms with Crippen LogP contribution in [0.4, 0.5) is 24.5 Å². The highest BCUT2D eigenvalue weighted by atomic mass is 32.1. The number of nitrogens with one attached hydrogen (secondary N) is 2. The van der Waals surface area contributed by atoms with Gasteiger partial charge in [0.15, 0.2) is 5.78 Å². The number of carbonyl (C=O) groups is 2. The van der Waals surface area contributed by atoms with Crippen molar-refractivity contribution in [2.75, 3.05) is 18.5 Å². The van der Waals surface area contributed by atoms with Gasteiger partial charge < -0.3 is 15.4 Å². The zero-order valence-electron chi connectivity index (χ0n) is 18.9. The van der Waals surface area contributed by atoms with Crippen LogP contribution in [0.1, 0.15) is 39.2 Å². The van der Waals surface area contributed by atoms with Crippen LogP contribution in [0.15, 0.2) is 54.2 Å². The molecule has 1 fully saturated rings. The molecule has 0 aliphatic carbocycles. The van der Waals surface area contributed by atoms with Crippen LogP contribution in [0.3, 0.4) is 0 Å². The second-order valence-electron chi connectivity index (χ2n) is 8.60. The number of ether oxygens (including phenoxy) is 1. The number of nitrogens with zero attached hydrogens (tertiary/aromatic N) is 1. The maximum absolute atomic E-state index is 13.4. The second kappa shape index (κ2) is 10.2. The Morgan fingerprint density at radius 2 is 1.94 bits per heavy atom. The molecule has 1 aliphatic rings. The number of rotatable bonds is 8. The van der Waals surface area contributed by atoms with Gasteiger partial charge in [0.1, 0.15) is 0 Å². The lowest BCUT2D eigenvalue weighted by atomic mass is 9.81. The zero-order valence-corrected chi connectivity index (χ0v) is 19.8. The van der Waals surface area contributed by atoms with E-state index in [0.717, 1.165) is 11.6 Å². The van der Waals surface area contributed by atoms with Crippen molar-refractivity contribution in [3.05, 3.63) is 75.7 Å². The molecule has 1 aromatic heterocycles. The molecule has 10 heteroatoms. The molecule has 0 bridgehead atoms. The topological polar surface area (TPSA) is 80.3 Å². The van der Waals surface area contributed by atoms with Gasteiger partial charge in [0.25, 0.3) is 0 Å². The number of halogens is 3. The third-order valence-corrected chi connectivity index (χ3v) is 6.77. The number of alkyl halides is 3. The van der Waals surface area contributed by atoms with Crippen molar-refractivity contribution in [2.45, 2.75) is 32.5 Å². The number of aryl methyl sites for hydroxylation is 1. The molecule has 0 radical (unpaired) electrons. The molecule has 1 aliphatic heterocycles. The summed E-state index contributed by atoms with van der Waals surface area (Å²) in [5.74, 6) is -0.401. The summed E-state index contributed by atoms with van der Waals surface area (Å²) in [6.07, 6.45) is -2.48. The van der Waals surface area contributed by atoms with Crippen LogP contribution in [0.25, 0.3) is 0 Å². The summed E-state index contributed by atoms with van der Waals surface area (Å²) in [6, 6.07) is 10.9. The molecule has 35 heavy (non-hydrogen) atoms. The number of benzene rings is 2. The predicted octanol–water partition coefficient (Wildman–Crippen LogP) is 5.51. The van der Waals surface area contributed by atoms with Gasteiger partial charge in [0, 0.05) is 31.5 Å². The van der Waals surface area contributed by atoms with Crippen LogP contribution < -0.4 is 10.6 Å². The van der Waals surface area contributed by atoms with E-state index in [1.54, 1.807) is 42.8 Å². The van der Waals surface area contributed by atoms with Gasteiger partial charge in [-0.1, -0.05) is 23.8 Å². The maximum Gasteiger partial charge on any atom is 0.418 e. The molecule has 0 saturated carbocycles. The van der Waals surface area contributed by atoms with E-state index in [1.165, 1.54) is 23.6 Å². The van der Waals surface area contributed by atoms with Crippen molar-refractivity contribution >= 4 is 34.4 Å². The number of aromatic nitrogens is 1. The van der Waals surface area contributed by atoms with E-state index in [2.05, 4.69) is 15.6 Å². The van der Waals surface area contributed by atoms with Gasteiger partial charge in [-0.25, -0.2) is 0 Å². The number of carbonyl (C=O) groups excluding carboxylic acids is 2. The summed E-state index contributed by atoms with van der Waals surface area (Å²) in [7, 11) is 0. The Balaban J connectivity index is 1.39. The Kier molecular flexibility index (Phi) is 7.23. The smallest absolute Gasteiger partial charge is 0.380 e. The van der Waals surface area contributed by atoms with Crippen LogP contribution in [0.5, 0.6) is 0 Å². The Morgan fingerprint density at radius 3 is 2.57 bits per heavy atom. The first kappa shape index (κ1) is 24.9. The third kappa shape index (κ3) is 5.88. The predicted molar refractivity (Wildman–Crippen MR) is 127 cm³/mol. The normalized spacial score (nSPS) is 17.8. The highest BCUT2D eigenvalue weighted by molar-refractivity contribution is 7.11. The quantitative estimate of drug-likeness (QED) is 0.396. The van der Waals surface area contributed by atoms with Crippen molar-refractivity contribution in [1.29, 1.82) is 0 Å². The average Bonchev–Trinajstić information content (AvgIpc) is 3.52. The van der Waals surface area contributed by atoms with Gasteiger partial charge in [0.05, 0.1) is 33.7 Å². The van der Waals surface area contributed by atoms with E-state index in [9.17, 15) is 22.8 Å². The van der Waals surface area contributed by atoms with E-state index >= 15 is 0 Å². The van der Waals surface area contributed by atoms with Gasteiger partial charge in [-0.15, -0.1) is 11.3 Å². The first-order valence-corrected chi connectivity index (χ1v) is 11.9. The fourth-order valence-corrected chi connectivity index (χ4v) is 4.55. The monoisotopic (exact) mass is 503 g/mol. The molecular weight excluding hydrogens is 479 g/mol. The van der Waals surface area contributed by atoms with Crippen molar-refractivity contribution < 1.29 is 27.5 Å². The van der Waals surface area contributed by atoms with E-state index < -0.39 is 17.2 Å². The standard InChI is InChI=1S/C25H24F3N3O3S/c1-16-2-7-20(19(10-16)25(26,27)28)31-18-5-3-17(4-6-18)12-30-23(33)24(8-9-34-14-24)11-21(32)22-13-29-15-35-22/h2-7,10,13,15,31H,8-9,11-12,14H2,1H3,(H,30,33)/t24-/m0/s1. The molecule has 1 saturated heterocycles. The number of hydrogen-bond donors (Lipinski definition) is 2. The Labute approximate surface area is 204 Å². The fraction of sp³-hybridized carbons (Fsp3) is 0.320. The summed E-state index contributed by atoms with van der Waals surface area (Å²) in [5.41, 5.74) is 1.67. The van der Waals surface area contributed by atoms with E-state index in [0.29, 0.717) is 29.2 Å². The number of thiazole rings is 1. The molecule has 184 valence electrons. The summed E-state index contributed by atoms with van der Waals surface area (Å²) in [6.45, 7) is 2.40. The Bertz CT molecular complexity index is 1190. The van der Waals surface area contributed by atoms with E-state index in [4.69, 9.17) is 4.74 Å². The average molecular weight is 504 g/mol. The van der Waals surface area contributed by atoms with Crippen molar-refractivity contribution in [3.8, 4) is 0 Å². The number of Topliss-reactive ketones (excluding diaryl/α,β-unsaturated/α-hetero) is 1. The fourth-order valence-electron chi connectivity index (χ4n) is 3.99. The molecule has 1 atom stereocenters.